The summed E-state index contributed by atoms with van der Waals surface area (Å²) in [5.41, 5.74) is 5.67. The van der Waals surface area contributed by atoms with Crippen LogP contribution in [0.15, 0.2) is 72.6 Å². The third kappa shape index (κ3) is 5.84. The van der Waals surface area contributed by atoms with Crippen LogP contribution < -0.4 is 15.0 Å². The summed E-state index contributed by atoms with van der Waals surface area (Å²) in [6.45, 7) is 0.392. The van der Waals surface area contributed by atoms with E-state index in [1.165, 1.54) is 12.7 Å². The van der Waals surface area contributed by atoms with Crippen molar-refractivity contribution in [3.05, 3.63) is 106 Å². The molecular formula is C41H47N2O7-. The lowest BCUT2D eigenvalue weighted by atomic mass is 9.65. The average Bonchev–Trinajstić information content (AvgIpc) is 3.65. The number of ether oxygens (including phenoxy) is 2. The first-order valence-corrected chi connectivity index (χ1v) is 18.1. The van der Waals surface area contributed by atoms with Gasteiger partial charge in [0, 0.05) is 47.5 Å². The number of rotatable bonds is 7. The molecule has 6 N–H and O–H groups in total. The fourth-order valence-corrected chi connectivity index (χ4v) is 9.73. The van der Waals surface area contributed by atoms with E-state index in [2.05, 4.69) is 46.7 Å². The van der Waals surface area contributed by atoms with Gasteiger partial charge in [-0.1, -0.05) is 54.1 Å². The lowest BCUT2D eigenvalue weighted by Gasteiger charge is -2.46. The van der Waals surface area contributed by atoms with E-state index in [-0.39, 0.29) is 35.2 Å². The summed E-state index contributed by atoms with van der Waals surface area (Å²) >= 11 is 0. The van der Waals surface area contributed by atoms with Crippen molar-refractivity contribution < 1.29 is 35.0 Å². The number of hydrogen-bond acceptors (Lipinski definition) is 8. The van der Waals surface area contributed by atoms with Crippen molar-refractivity contribution in [3.8, 4) is 23.0 Å². The van der Waals surface area contributed by atoms with Crippen molar-refractivity contribution in [1.82, 2.24) is 10.3 Å². The number of aliphatic hydroxyl groups is 2. The molecule has 9 atom stereocenters. The normalized spacial score (nSPS) is 31.7. The summed E-state index contributed by atoms with van der Waals surface area (Å²) in [6.07, 6.45) is 18.5. The minimum Gasteiger partial charge on any atom is -0.670 e. The Labute approximate surface area is 293 Å². The van der Waals surface area contributed by atoms with Crippen molar-refractivity contribution in [2.24, 2.45) is 17.8 Å². The summed E-state index contributed by atoms with van der Waals surface area (Å²) in [5, 5.41) is 58.7. The van der Waals surface area contributed by atoms with Crippen LogP contribution in [0.1, 0.15) is 89.8 Å². The van der Waals surface area contributed by atoms with Gasteiger partial charge >= 0.3 is 0 Å². The summed E-state index contributed by atoms with van der Waals surface area (Å²) in [4.78, 5) is 4.18. The van der Waals surface area contributed by atoms with E-state index in [1.807, 2.05) is 18.2 Å². The van der Waals surface area contributed by atoms with Gasteiger partial charge < -0.3 is 45.3 Å². The first kappa shape index (κ1) is 33.1. The molecule has 2 aliphatic heterocycles. The maximum Gasteiger partial charge on any atom is 0.201 e. The second-order valence-corrected chi connectivity index (χ2v) is 14.9. The van der Waals surface area contributed by atoms with Crippen LogP contribution in [0.25, 0.3) is 0 Å². The molecule has 50 heavy (non-hydrogen) atoms. The van der Waals surface area contributed by atoms with E-state index in [0.29, 0.717) is 54.0 Å². The van der Waals surface area contributed by atoms with Crippen LogP contribution in [0.4, 0.5) is 0 Å². The summed E-state index contributed by atoms with van der Waals surface area (Å²) in [6, 6.07) is 8.35. The maximum absolute atomic E-state index is 11.5. The van der Waals surface area contributed by atoms with Gasteiger partial charge in [-0.25, -0.2) is 0 Å². The molecule has 0 unspecified atom stereocenters. The fraction of sp³-hybridized carbons (Fsp3) is 0.463. The van der Waals surface area contributed by atoms with Crippen LogP contribution in [-0.2, 0) is 17.8 Å². The molecule has 0 radical (unpaired) electrons. The largest absolute Gasteiger partial charge is 0.670 e. The molecule has 8 rings (SSSR count). The highest BCUT2D eigenvalue weighted by molar-refractivity contribution is 5.64. The molecule has 264 valence electrons. The second-order valence-electron chi connectivity index (χ2n) is 14.9. The Balaban J connectivity index is 1.09. The number of aromatic nitrogens is 1. The van der Waals surface area contributed by atoms with E-state index >= 15 is 0 Å². The zero-order chi connectivity index (χ0) is 34.5. The van der Waals surface area contributed by atoms with Crippen LogP contribution in [0.3, 0.4) is 0 Å². The van der Waals surface area contributed by atoms with Gasteiger partial charge in [-0.05, 0) is 79.0 Å². The Hall–Kier alpha value is -4.02. The Bertz CT molecular complexity index is 1810. The van der Waals surface area contributed by atoms with Gasteiger partial charge in [-0.15, -0.1) is 0 Å². The Morgan fingerprint density at radius 3 is 2.70 bits per heavy atom. The number of nitrogens with one attached hydrogen (secondary N) is 1. The lowest BCUT2D eigenvalue weighted by molar-refractivity contribution is -0.154. The van der Waals surface area contributed by atoms with Gasteiger partial charge in [0.2, 0.25) is 5.75 Å². The van der Waals surface area contributed by atoms with Gasteiger partial charge in [0.25, 0.3) is 0 Å². The molecule has 3 aliphatic carbocycles. The SMILES string of the molecule is COc1c(O)c(O)c(CO)c([C@@H]2C[C@H](O)[C@H]3CC[C@H](c4ccc(O)c([C@@H]5C=CC[C@H]6C[C@@H]7NCC=CC7=C[C@H]65)c4)C[C@@H]3O2)c1Cc1cc[n-]c1. The van der Waals surface area contributed by atoms with Crippen LogP contribution in [0.5, 0.6) is 23.0 Å². The molecule has 1 saturated heterocycles. The van der Waals surface area contributed by atoms with Crippen LogP contribution >= 0.6 is 0 Å². The molecule has 0 amide bonds. The molecule has 9 heteroatoms. The van der Waals surface area contributed by atoms with E-state index < -0.39 is 30.3 Å². The molecular weight excluding hydrogens is 632 g/mol. The number of nitrogens with zero attached hydrogens (tertiary/aromatic N) is 1. The summed E-state index contributed by atoms with van der Waals surface area (Å²) in [5.74, 6) is 0.623. The van der Waals surface area contributed by atoms with Crippen molar-refractivity contribution >= 4 is 0 Å². The topological polar surface area (TPSA) is 146 Å². The molecule has 5 aliphatic rings. The van der Waals surface area contributed by atoms with Crippen LogP contribution in [0.2, 0.25) is 0 Å². The second kappa shape index (κ2) is 13.6. The third-order valence-electron chi connectivity index (χ3n) is 12.2. The van der Waals surface area contributed by atoms with Crippen molar-refractivity contribution in [2.75, 3.05) is 13.7 Å². The highest BCUT2D eigenvalue weighted by Gasteiger charge is 2.45. The van der Waals surface area contributed by atoms with Crippen molar-refractivity contribution in [2.45, 2.75) is 87.7 Å². The van der Waals surface area contributed by atoms with Crippen molar-refractivity contribution in [3.63, 3.8) is 0 Å². The highest BCUT2D eigenvalue weighted by Crippen LogP contribution is 2.53. The van der Waals surface area contributed by atoms with Crippen molar-refractivity contribution in [1.29, 1.82) is 0 Å². The van der Waals surface area contributed by atoms with E-state index in [9.17, 15) is 25.5 Å². The number of aromatic hydroxyl groups is 3. The molecule has 0 spiro atoms. The zero-order valence-electron chi connectivity index (χ0n) is 28.4. The van der Waals surface area contributed by atoms with Gasteiger partial charge in [0.1, 0.15) is 5.75 Å². The Morgan fingerprint density at radius 2 is 1.90 bits per heavy atom. The molecule has 2 aromatic carbocycles. The molecule has 3 aromatic rings. The van der Waals surface area contributed by atoms with E-state index in [0.717, 1.165) is 48.9 Å². The number of fused-ring (bicyclic) bond motifs is 3. The standard InChI is InChI=1S/C41H47N2O7/c1-49-41-31(14-22-11-13-42-20-22)38(32(21-44)39(47)40(41)48)37-19-35(46)28-9-7-24(18-36(28)50-37)23-8-10-34(45)30(15-23)27-6-2-4-25-17-33-26(16-29(25)27)5-3-12-43-33/h2-3,5-6,8,10-11,13,15-16,20,24-25,27-29,33,35-37,43-48H,4,7,9,12,14,17-19,21H2,1H3/q-1/t24-,25-,27+,28+,29+,33-,35-,36-,37-/m0/s1. The molecule has 3 heterocycles. The summed E-state index contributed by atoms with van der Waals surface area (Å²) in [7, 11) is 1.43. The van der Waals surface area contributed by atoms with E-state index in [1.54, 1.807) is 12.4 Å². The number of allylic oxidation sites excluding steroid dienone is 3. The quantitative estimate of drug-likeness (QED) is 0.136. The zero-order valence-corrected chi connectivity index (χ0v) is 28.4. The number of phenols is 3. The van der Waals surface area contributed by atoms with Gasteiger partial charge in [-0.2, -0.15) is 12.4 Å². The molecule has 9 nitrogen and oxygen atoms in total. The molecule has 1 aromatic heterocycles. The fourth-order valence-electron chi connectivity index (χ4n) is 9.73. The minimum atomic E-state index is -0.646. The first-order chi connectivity index (χ1) is 24.3. The molecule has 0 bridgehead atoms. The average molecular weight is 680 g/mol. The van der Waals surface area contributed by atoms with Gasteiger partial charge in [0.05, 0.1) is 32.0 Å². The first-order valence-electron chi connectivity index (χ1n) is 18.1. The monoisotopic (exact) mass is 679 g/mol. The number of phenolic OH excluding ortho intramolecular Hbond substituents is 2. The minimum absolute atomic E-state index is 0.0482. The van der Waals surface area contributed by atoms with Gasteiger partial charge in [0.15, 0.2) is 11.5 Å². The van der Waals surface area contributed by atoms with Crippen LogP contribution in [0, 0.1) is 17.8 Å². The Morgan fingerprint density at radius 1 is 1.02 bits per heavy atom. The summed E-state index contributed by atoms with van der Waals surface area (Å²) < 4.78 is 12.5. The Kier molecular flexibility index (Phi) is 9.02. The predicted molar refractivity (Wildman–Crippen MR) is 188 cm³/mol. The predicted octanol–water partition coefficient (Wildman–Crippen LogP) is 5.76. The number of aliphatic hydroxyl groups excluding tert-OH is 2. The molecule has 1 saturated carbocycles. The van der Waals surface area contributed by atoms with E-state index in [4.69, 9.17) is 9.47 Å². The molecule has 2 fully saturated rings. The lowest BCUT2D eigenvalue weighted by Crippen LogP contribution is -2.44. The third-order valence-corrected chi connectivity index (χ3v) is 12.2. The number of benzene rings is 2. The van der Waals surface area contributed by atoms with Crippen LogP contribution in [-0.4, -0.2) is 57.4 Å². The highest BCUT2D eigenvalue weighted by atomic mass is 16.5. The maximum atomic E-state index is 11.5. The number of methoxy groups -OCH3 is 1. The van der Waals surface area contributed by atoms with Gasteiger partial charge in [-0.3, -0.25) is 0 Å². The smallest absolute Gasteiger partial charge is 0.201 e. The number of hydrogen-bond donors (Lipinski definition) is 6.